The van der Waals surface area contributed by atoms with E-state index < -0.39 is 0 Å². The lowest BCUT2D eigenvalue weighted by molar-refractivity contribution is 0.0829. The standard InChI is InChI=1S/C23H25ClN2O2/c1-3-28-23(27)26-15-13-25(14-16-26)12-6-9-19-7-5-11-22(18(19)2)20-8-4-10-21(24)17-20/h4-5,7-8,10-11,17H,3,12-16H2,1-2H3. The molecule has 2 aromatic rings. The van der Waals surface area contributed by atoms with E-state index in [0.717, 1.165) is 40.4 Å². The highest BCUT2D eigenvalue weighted by atomic mass is 35.5. The molecule has 1 aliphatic rings. The summed E-state index contributed by atoms with van der Waals surface area (Å²) in [5.74, 6) is 6.60. The lowest BCUT2D eigenvalue weighted by atomic mass is 9.97. The lowest BCUT2D eigenvalue weighted by Crippen LogP contribution is -2.48. The van der Waals surface area contributed by atoms with E-state index in [9.17, 15) is 4.79 Å². The number of amides is 1. The average molecular weight is 397 g/mol. The number of carbonyl (C=O) groups is 1. The van der Waals surface area contributed by atoms with Crippen molar-refractivity contribution in [3.05, 3.63) is 58.6 Å². The highest BCUT2D eigenvalue weighted by molar-refractivity contribution is 6.30. The van der Waals surface area contributed by atoms with Crippen LogP contribution in [0.4, 0.5) is 4.79 Å². The molecule has 0 N–H and O–H groups in total. The number of benzene rings is 2. The van der Waals surface area contributed by atoms with E-state index in [-0.39, 0.29) is 6.09 Å². The van der Waals surface area contributed by atoms with E-state index in [2.05, 4.69) is 41.9 Å². The summed E-state index contributed by atoms with van der Waals surface area (Å²) in [6.07, 6.45) is -0.221. The topological polar surface area (TPSA) is 32.8 Å². The van der Waals surface area contributed by atoms with Crippen molar-refractivity contribution in [1.29, 1.82) is 0 Å². The molecule has 1 heterocycles. The molecule has 2 aromatic carbocycles. The predicted molar refractivity (Wildman–Crippen MR) is 114 cm³/mol. The Kier molecular flexibility index (Phi) is 6.97. The molecule has 1 amide bonds. The Morgan fingerprint density at radius 2 is 1.89 bits per heavy atom. The highest BCUT2D eigenvalue weighted by Gasteiger charge is 2.21. The van der Waals surface area contributed by atoms with Crippen LogP contribution in [-0.4, -0.2) is 55.2 Å². The van der Waals surface area contributed by atoms with Gasteiger partial charge in [0, 0.05) is 36.8 Å². The number of hydrogen-bond acceptors (Lipinski definition) is 3. The quantitative estimate of drug-likeness (QED) is 0.719. The van der Waals surface area contributed by atoms with Gasteiger partial charge in [-0.1, -0.05) is 47.7 Å². The third-order valence-corrected chi connectivity index (χ3v) is 5.13. The van der Waals surface area contributed by atoms with Crippen LogP contribution in [0.3, 0.4) is 0 Å². The van der Waals surface area contributed by atoms with Crippen LogP contribution >= 0.6 is 11.6 Å². The van der Waals surface area contributed by atoms with E-state index in [1.165, 1.54) is 0 Å². The second-order valence-corrected chi connectivity index (χ2v) is 7.19. The minimum atomic E-state index is -0.221. The molecule has 146 valence electrons. The van der Waals surface area contributed by atoms with Crippen LogP contribution in [0.2, 0.25) is 5.02 Å². The SMILES string of the molecule is CCOC(=O)N1CCN(CC#Cc2cccc(-c3cccc(Cl)c3)c2C)CC1. The molecule has 1 aliphatic heterocycles. The van der Waals surface area contributed by atoms with Crippen molar-refractivity contribution < 1.29 is 9.53 Å². The van der Waals surface area contributed by atoms with Crippen molar-refractivity contribution >= 4 is 17.7 Å². The molecule has 5 heteroatoms. The predicted octanol–water partition coefficient (Wildman–Crippen LogP) is 4.44. The van der Waals surface area contributed by atoms with Crippen LogP contribution < -0.4 is 0 Å². The monoisotopic (exact) mass is 396 g/mol. The number of rotatable bonds is 3. The molecule has 1 fully saturated rings. The maximum atomic E-state index is 11.8. The first-order valence-corrected chi connectivity index (χ1v) is 9.94. The first kappa shape index (κ1) is 20.3. The molecular weight excluding hydrogens is 372 g/mol. The van der Waals surface area contributed by atoms with Crippen molar-refractivity contribution in [2.24, 2.45) is 0 Å². The molecule has 3 rings (SSSR count). The fraction of sp³-hybridized carbons (Fsp3) is 0.348. The number of nitrogens with zero attached hydrogens (tertiary/aromatic N) is 2. The molecule has 0 aromatic heterocycles. The van der Waals surface area contributed by atoms with Gasteiger partial charge < -0.3 is 9.64 Å². The van der Waals surface area contributed by atoms with Gasteiger partial charge in [-0.05, 0) is 48.7 Å². The summed E-state index contributed by atoms with van der Waals surface area (Å²) in [6, 6.07) is 14.1. The second-order valence-electron chi connectivity index (χ2n) is 6.75. The van der Waals surface area contributed by atoms with Gasteiger partial charge in [0.05, 0.1) is 13.2 Å². The largest absolute Gasteiger partial charge is 0.450 e. The van der Waals surface area contributed by atoms with Crippen molar-refractivity contribution in [1.82, 2.24) is 9.80 Å². The van der Waals surface area contributed by atoms with Crippen molar-refractivity contribution in [3.63, 3.8) is 0 Å². The molecule has 0 bridgehead atoms. The second kappa shape index (κ2) is 9.64. The third-order valence-electron chi connectivity index (χ3n) is 4.89. The number of piperazine rings is 1. The Bertz CT molecular complexity index is 893. The number of halogens is 1. The van der Waals surface area contributed by atoms with Gasteiger partial charge in [0.2, 0.25) is 0 Å². The zero-order chi connectivity index (χ0) is 19.9. The number of carbonyl (C=O) groups excluding carboxylic acids is 1. The molecule has 28 heavy (non-hydrogen) atoms. The maximum Gasteiger partial charge on any atom is 0.409 e. The summed E-state index contributed by atoms with van der Waals surface area (Å²) in [5, 5.41) is 0.732. The lowest BCUT2D eigenvalue weighted by Gasteiger charge is -2.32. The molecule has 4 nitrogen and oxygen atoms in total. The summed E-state index contributed by atoms with van der Waals surface area (Å²) < 4.78 is 5.06. The molecule has 0 radical (unpaired) electrons. The average Bonchev–Trinajstić information content (AvgIpc) is 2.70. The fourth-order valence-electron chi connectivity index (χ4n) is 3.29. The minimum absolute atomic E-state index is 0.221. The molecule has 0 aliphatic carbocycles. The summed E-state index contributed by atoms with van der Waals surface area (Å²) in [4.78, 5) is 15.8. The molecule has 1 saturated heterocycles. The van der Waals surface area contributed by atoms with E-state index in [0.29, 0.717) is 26.2 Å². The molecule has 0 unspecified atom stereocenters. The normalized spacial score (nSPS) is 14.3. The van der Waals surface area contributed by atoms with Crippen LogP contribution in [0.25, 0.3) is 11.1 Å². The molecular formula is C23H25ClN2O2. The molecule has 0 spiro atoms. The van der Waals surface area contributed by atoms with Gasteiger partial charge >= 0.3 is 6.09 Å². The van der Waals surface area contributed by atoms with Crippen LogP contribution in [0.1, 0.15) is 18.1 Å². The zero-order valence-corrected chi connectivity index (χ0v) is 17.1. The van der Waals surface area contributed by atoms with Gasteiger partial charge in [0.25, 0.3) is 0 Å². The van der Waals surface area contributed by atoms with Crippen LogP contribution in [-0.2, 0) is 4.74 Å². The first-order valence-electron chi connectivity index (χ1n) is 9.57. The van der Waals surface area contributed by atoms with E-state index in [1.54, 1.807) is 4.90 Å². The van der Waals surface area contributed by atoms with Crippen molar-refractivity contribution in [3.8, 4) is 23.0 Å². The molecule has 0 atom stereocenters. The van der Waals surface area contributed by atoms with Crippen LogP contribution in [0.15, 0.2) is 42.5 Å². The summed E-state index contributed by atoms with van der Waals surface area (Å²) >= 11 is 6.14. The fourth-order valence-corrected chi connectivity index (χ4v) is 3.48. The van der Waals surface area contributed by atoms with Gasteiger partial charge in [-0.2, -0.15) is 0 Å². The van der Waals surface area contributed by atoms with Gasteiger partial charge in [0.1, 0.15) is 0 Å². The summed E-state index contributed by atoms with van der Waals surface area (Å²) in [7, 11) is 0. The smallest absolute Gasteiger partial charge is 0.409 e. The molecule has 0 saturated carbocycles. The Morgan fingerprint density at radius 1 is 1.14 bits per heavy atom. The van der Waals surface area contributed by atoms with Crippen LogP contribution in [0.5, 0.6) is 0 Å². The van der Waals surface area contributed by atoms with E-state index in [1.807, 2.05) is 31.2 Å². The third kappa shape index (κ3) is 5.07. The highest BCUT2D eigenvalue weighted by Crippen LogP contribution is 2.27. The van der Waals surface area contributed by atoms with Gasteiger partial charge in [0.15, 0.2) is 0 Å². The maximum absolute atomic E-state index is 11.8. The Hall–Kier alpha value is -2.48. The van der Waals surface area contributed by atoms with Gasteiger partial charge in [-0.3, -0.25) is 4.90 Å². The Morgan fingerprint density at radius 3 is 2.61 bits per heavy atom. The minimum Gasteiger partial charge on any atom is -0.450 e. The van der Waals surface area contributed by atoms with E-state index >= 15 is 0 Å². The van der Waals surface area contributed by atoms with Gasteiger partial charge in [-0.15, -0.1) is 0 Å². The summed E-state index contributed by atoms with van der Waals surface area (Å²) in [5.41, 5.74) is 4.44. The Labute approximate surface area is 172 Å². The van der Waals surface area contributed by atoms with Gasteiger partial charge in [-0.25, -0.2) is 4.79 Å². The summed E-state index contributed by atoms with van der Waals surface area (Å²) in [6.45, 7) is 8.03. The Balaban J connectivity index is 1.63. The van der Waals surface area contributed by atoms with Crippen molar-refractivity contribution in [2.45, 2.75) is 13.8 Å². The first-order chi connectivity index (χ1) is 13.6. The van der Waals surface area contributed by atoms with Crippen molar-refractivity contribution in [2.75, 3.05) is 39.3 Å². The van der Waals surface area contributed by atoms with Crippen LogP contribution in [0, 0.1) is 18.8 Å². The van der Waals surface area contributed by atoms with E-state index in [4.69, 9.17) is 16.3 Å². The number of ether oxygens (including phenoxy) is 1. The zero-order valence-electron chi connectivity index (χ0n) is 16.4. The number of hydrogen-bond donors (Lipinski definition) is 0.